The number of ether oxygens (including phenoxy) is 1. The molecule has 0 amide bonds. The topological polar surface area (TPSA) is 50.8 Å². The molecule has 1 unspecified atom stereocenters. The molecule has 2 heterocycles. The SMILES string of the molecule is CCCC1Cn2c(nc3cc(C#N)ccc32)O1. The molecule has 0 saturated heterocycles. The third kappa shape index (κ3) is 1.55. The van der Waals surface area contributed by atoms with Crippen molar-refractivity contribution in [1.82, 2.24) is 9.55 Å². The highest BCUT2D eigenvalue weighted by atomic mass is 16.5. The van der Waals surface area contributed by atoms with E-state index in [0.29, 0.717) is 11.6 Å². The van der Waals surface area contributed by atoms with Crippen molar-refractivity contribution in [2.24, 2.45) is 0 Å². The number of fused-ring (bicyclic) bond motifs is 3. The summed E-state index contributed by atoms with van der Waals surface area (Å²) in [7, 11) is 0. The van der Waals surface area contributed by atoms with Gasteiger partial charge in [0, 0.05) is 0 Å². The maximum Gasteiger partial charge on any atom is 0.297 e. The van der Waals surface area contributed by atoms with Gasteiger partial charge >= 0.3 is 0 Å². The summed E-state index contributed by atoms with van der Waals surface area (Å²) in [5.41, 5.74) is 2.53. The lowest BCUT2D eigenvalue weighted by atomic mass is 10.2. The molecule has 1 aromatic carbocycles. The van der Waals surface area contributed by atoms with Gasteiger partial charge in [-0.05, 0) is 24.6 Å². The fraction of sp³-hybridized carbons (Fsp3) is 0.385. The summed E-state index contributed by atoms with van der Waals surface area (Å²) in [6.07, 6.45) is 2.43. The molecule has 4 heteroatoms. The Bertz CT molecular complexity index is 609. The van der Waals surface area contributed by atoms with Crippen LogP contribution in [0.4, 0.5) is 0 Å². The minimum absolute atomic E-state index is 0.252. The van der Waals surface area contributed by atoms with Gasteiger partial charge in [-0.25, -0.2) is 0 Å². The van der Waals surface area contributed by atoms with Crippen LogP contribution in [0.25, 0.3) is 11.0 Å². The number of hydrogen-bond donors (Lipinski definition) is 0. The second-order valence-electron chi connectivity index (χ2n) is 4.35. The first-order chi connectivity index (χ1) is 8.31. The van der Waals surface area contributed by atoms with Crippen molar-refractivity contribution in [2.75, 3.05) is 0 Å². The molecule has 0 spiro atoms. The number of hydrogen-bond acceptors (Lipinski definition) is 3. The molecule has 1 aliphatic rings. The maximum absolute atomic E-state index is 8.84. The van der Waals surface area contributed by atoms with Crippen LogP contribution in [0, 0.1) is 11.3 Å². The molecular formula is C13H13N3O. The van der Waals surface area contributed by atoms with E-state index in [1.165, 1.54) is 0 Å². The van der Waals surface area contributed by atoms with Gasteiger partial charge in [-0.15, -0.1) is 0 Å². The van der Waals surface area contributed by atoms with E-state index < -0.39 is 0 Å². The van der Waals surface area contributed by atoms with Crippen molar-refractivity contribution in [2.45, 2.75) is 32.4 Å². The Labute approximate surface area is 99.4 Å². The first kappa shape index (κ1) is 10.2. The Kier molecular flexibility index (Phi) is 2.25. The van der Waals surface area contributed by atoms with Gasteiger partial charge in [-0.2, -0.15) is 10.2 Å². The minimum atomic E-state index is 0.252. The lowest BCUT2D eigenvalue weighted by Crippen LogP contribution is -2.13. The van der Waals surface area contributed by atoms with Crippen molar-refractivity contribution in [3.63, 3.8) is 0 Å². The smallest absolute Gasteiger partial charge is 0.297 e. The quantitative estimate of drug-likeness (QED) is 0.791. The van der Waals surface area contributed by atoms with Crippen LogP contribution in [0.5, 0.6) is 6.01 Å². The number of benzene rings is 1. The zero-order valence-electron chi connectivity index (χ0n) is 9.68. The summed E-state index contributed by atoms with van der Waals surface area (Å²) in [6, 6.07) is 8.39. The van der Waals surface area contributed by atoms with Gasteiger partial charge in [0.15, 0.2) is 0 Å². The summed E-state index contributed by atoms with van der Waals surface area (Å²) >= 11 is 0. The van der Waals surface area contributed by atoms with Crippen LogP contribution in [-0.4, -0.2) is 15.7 Å². The highest BCUT2D eigenvalue weighted by Gasteiger charge is 2.25. The number of imidazole rings is 1. The van der Waals surface area contributed by atoms with Crippen LogP contribution in [0.2, 0.25) is 0 Å². The highest BCUT2D eigenvalue weighted by Crippen LogP contribution is 2.29. The van der Waals surface area contributed by atoms with E-state index in [9.17, 15) is 0 Å². The van der Waals surface area contributed by atoms with Gasteiger partial charge in [0.05, 0.1) is 29.2 Å². The van der Waals surface area contributed by atoms with Crippen LogP contribution in [0.1, 0.15) is 25.3 Å². The predicted molar refractivity (Wildman–Crippen MR) is 63.8 cm³/mol. The van der Waals surface area contributed by atoms with Crippen LogP contribution in [0.3, 0.4) is 0 Å². The first-order valence-corrected chi connectivity index (χ1v) is 5.89. The van der Waals surface area contributed by atoms with Crippen molar-refractivity contribution in [3.05, 3.63) is 23.8 Å². The third-order valence-corrected chi connectivity index (χ3v) is 3.11. The highest BCUT2D eigenvalue weighted by molar-refractivity contribution is 5.78. The van der Waals surface area contributed by atoms with Crippen LogP contribution >= 0.6 is 0 Å². The average Bonchev–Trinajstić information content (AvgIpc) is 2.85. The van der Waals surface area contributed by atoms with E-state index >= 15 is 0 Å². The van der Waals surface area contributed by atoms with E-state index in [4.69, 9.17) is 10.00 Å². The lowest BCUT2D eigenvalue weighted by molar-refractivity contribution is 0.213. The molecule has 0 fully saturated rings. The van der Waals surface area contributed by atoms with Crippen LogP contribution in [-0.2, 0) is 6.54 Å². The summed E-state index contributed by atoms with van der Waals surface area (Å²) in [5.74, 6) is 0. The molecule has 3 rings (SSSR count). The second kappa shape index (κ2) is 3.77. The summed E-state index contributed by atoms with van der Waals surface area (Å²) in [5, 5.41) is 8.84. The fourth-order valence-electron chi connectivity index (χ4n) is 2.31. The standard InChI is InChI=1S/C13H13N3O/c1-2-3-10-8-16-12-5-4-9(7-14)6-11(12)15-13(16)17-10/h4-6,10H,2-3,8H2,1H3. The van der Waals surface area contributed by atoms with Crippen molar-refractivity contribution < 1.29 is 4.74 Å². The molecule has 86 valence electrons. The Morgan fingerprint density at radius 2 is 2.47 bits per heavy atom. The summed E-state index contributed by atoms with van der Waals surface area (Å²) in [6.45, 7) is 3.02. The molecule has 0 bridgehead atoms. The fourth-order valence-corrected chi connectivity index (χ4v) is 2.31. The summed E-state index contributed by atoms with van der Waals surface area (Å²) in [4.78, 5) is 4.42. The molecular weight excluding hydrogens is 214 g/mol. The number of nitrogens with zero attached hydrogens (tertiary/aromatic N) is 3. The lowest BCUT2D eigenvalue weighted by Gasteiger charge is -2.06. The monoisotopic (exact) mass is 227 g/mol. The Morgan fingerprint density at radius 3 is 3.24 bits per heavy atom. The molecule has 17 heavy (non-hydrogen) atoms. The van der Waals surface area contributed by atoms with Gasteiger partial charge in [-0.1, -0.05) is 13.3 Å². The zero-order chi connectivity index (χ0) is 11.8. The molecule has 1 atom stereocenters. The van der Waals surface area contributed by atoms with Crippen molar-refractivity contribution in [3.8, 4) is 12.1 Å². The molecule has 0 saturated carbocycles. The molecule has 2 aromatic rings. The average molecular weight is 227 g/mol. The molecule has 1 aromatic heterocycles. The Morgan fingerprint density at radius 1 is 1.59 bits per heavy atom. The molecule has 0 aliphatic carbocycles. The van der Waals surface area contributed by atoms with Gasteiger partial charge < -0.3 is 4.74 Å². The van der Waals surface area contributed by atoms with Crippen LogP contribution in [0.15, 0.2) is 18.2 Å². The van der Waals surface area contributed by atoms with E-state index in [1.807, 2.05) is 12.1 Å². The van der Waals surface area contributed by atoms with Gasteiger partial charge in [-0.3, -0.25) is 4.57 Å². The van der Waals surface area contributed by atoms with E-state index in [1.54, 1.807) is 6.07 Å². The van der Waals surface area contributed by atoms with E-state index in [-0.39, 0.29) is 6.10 Å². The molecule has 4 nitrogen and oxygen atoms in total. The second-order valence-corrected chi connectivity index (χ2v) is 4.35. The first-order valence-electron chi connectivity index (χ1n) is 5.89. The van der Waals surface area contributed by atoms with Crippen molar-refractivity contribution in [1.29, 1.82) is 5.26 Å². The minimum Gasteiger partial charge on any atom is -0.459 e. The van der Waals surface area contributed by atoms with Crippen LogP contribution < -0.4 is 4.74 Å². The predicted octanol–water partition coefficient (Wildman–Crippen LogP) is 2.47. The normalized spacial score (nSPS) is 17.8. The van der Waals surface area contributed by atoms with Crippen molar-refractivity contribution >= 4 is 11.0 Å². The zero-order valence-corrected chi connectivity index (χ0v) is 9.68. The molecule has 0 radical (unpaired) electrons. The number of nitriles is 1. The number of rotatable bonds is 2. The van der Waals surface area contributed by atoms with E-state index in [2.05, 4.69) is 22.5 Å². The maximum atomic E-state index is 8.84. The molecule has 0 N–H and O–H groups in total. The largest absolute Gasteiger partial charge is 0.459 e. The molecule has 1 aliphatic heterocycles. The third-order valence-electron chi connectivity index (χ3n) is 3.11. The van der Waals surface area contributed by atoms with Gasteiger partial charge in [0.2, 0.25) is 0 Å². The van der Waals surface area contributed by atoms with Gasteiger partial charge in [0.25, 0.3) is 6.01 Å². The number of aromatic nitrogens is 2. The Balaban J connectivity index is 2.02. The summed E-state index contributed by atoms with van der Waals surface area (Å²) < 4.78 is 7.87. The Hall–Kier alpha value is -2.02. The van der Waals surface area contributed by atoms with Gasteiger partial charge in [0.1, 0.15) is 6.10 Å². The van der Waals surface area contributed by atoms with E-state index in [0.717, 1.165) is 30.4 Å².